The average Bonchev–Trinajstić information content (AvgIpc) is 3.39. The molecule has 4 rings (SSSR count). The molecule has 1 aromatic carbocycles. The number of anilines is 1. The molecule has 2 heterocycles. The van der Waals surface area contributed by atoms with Crippen molar-refractivity contribution in [3.05, 3.63) is 64.3 Å². The van der Waals surface area contributed by atoms with Crippen LogP contribution in [0.5, 0.6) is 0 Å². The fraction of sp³-hybridized carbons (Fsp3) is 0.222. The summed E-state index contributed by atoms with van der Waals surface area (Å²) in [5.41, 5.74) is -2.03. The van der Waals surface area contributed by atoms with E-state index in [0.29, 0.717) is 0 Å². The normalized spacial score (nSPS) is 14.6. The smallest absolute Gasteiger partial charge is 0.353 e. The Hall–Kier alpha value is -2.90. The van der Waals surface area contributed by atoms with E-state index in [1.165, 1.54) is 28.8 Å². The molecule has 0 amide bonds. The molecule has 1 aliphatic carbocycles. The van der Waals surface area contributed by atoms with Gasteiger partial charge in [0.05, 0.1) is 16.6 Å². The molecule has 0 spiro atoms. The second-order valence-corrected chi connectivity index (χ2v) is 6.18. The van der Waals surface area contributed by atoms with Crippen LogP contribution in [0.3, 0.4) is 0 Å². The van der Waals surface area contributed by atoms with Crippen molar-refractivity contribution < 1.29 is 17.6 Å². The summed E-state index contributed by atoms with van der Waals surface area (Å²) < 4.78 is 55.1. The monoisotopic (exact) mass is 363 g/mol. The number of pyridine rings is 1. The average molecular weight is 363 g/mol. The van der Waals surface area contributed by atoms with Crippen molar-refractivity contribution >= 4 is 11.5 Å². The van der Waals surface area contributed by atoms with Crippen molar-refractivity contribution in [2.75, 3.05) is 5.32 Å². The summed E-state index contributed by atoms with van der Waals surface area (Å²) in [7, 11) is 0. The minimum absolute atomic E-state index is 0.0481. The summed E-state index contributed by atoms with van der Waals surface area (Å²) in [5, 5.41) is 3.03. The van der Waals surface area contributed by atoms with E-state index in [1.807, 2.05) is 0 Å². The Kier molecular flexibility index (Phi) is 3.71. The highest BCUT2D eigenvalue weighted by atomic mass is 19.4. The summed E-state index contributed by atoms with van der Waals surface area (Å²) in [4.78, 5) is 16.5. The van der Waals surface area contributed by atoms with Crippen molar-refractivity contribution in [3.8, 4) is 11.1 Å². The number of rotatable bonds is 3. The van der Waals surface area contributed by atoms with Crippen LogP contribution in [0.4, 0.5) is 23.5 Å². The Balaban J connectivity index is 2.05. The third kappa shape index (κ3) is 2.91. The van der Waals surface area contributed by atoms with E-state index >= 15 is 0 Å². The van der Waals surface area contributed by atoms with E-state index in [2.05, 4.69) is 10.3 Å². The summed E-state index contributed by atoms with van der Waals surface area (Å²) in [6.07, 6.45) is -1.60. The molecule has 2 aromatic heterocycles. The number of hydrogen-bond donors (Lipinski definition) is 1. The molecule has 0 atom stereocenters. The van der Waals surface area contributed by atoms with Gasteiger partial charge in [-0.1, -0.05) is 18.2 Å². The van der Waals surface area contributed by atoms with Crippen molar-refractivity contribution in [2.45, 2.75) is 25.1 Å². The number of halogens is 4. The van der Waals surface area contributed by atoms with E-state index in [1.54, 1.807) is 0 Å². The molecule has 0 unspecified atom stereocenters. The van der Waals surface area contributed by atoms with Crippen LogP contribution in [0, 0.1) is 5.82 Å². The zero-order chi connectivity index (χ0) is 18.5. The van der Waals surface area contributed by atoms with Gasteiger partial charge in [-0.3, -0.25) is 9.20 Å². The molecule has 4 nitrogen and oxygen atoms in total. The standard InChI is InChI=1S/C18H13F4N3O/c19-13-4-2-1-3-12(13)15-14-9-10(18(20,21)22)7-8-25(14)17(24-16(15)26)23-11-5-6-11/h1-4,7-9,11H,5-6H2,(H,23,24,26). The molecule has 8 heteroatoms. The highest BCUT2D eigenvalue weighted by molar-refractivity contribution is 5.81. The first-order chi connectivity index (χ1) is 12.3. The molecule has 26 heavy (non-hydrogen) atoms. The van der Waals surface area contributed by atoms with Gasteiger partial charge in [0.1, 0.15) is 5.82 Å². The lowest BCUT2D eigenvalue weighted by molar-refractivity contribution is -0.137. The Morgan fingerprint density at radius 1 is 1.15 bits per heavy atom. The maximum atomic E-state index is 14.2. The second-order valence-electron chi connectivity index (χ2n) is 6.18. The molecule has 1 saturated carbocycles. The number of alkyl halides is 3. The van der Waals surface area contributed by atoms with Crippen molar-refractivity contribution in [2.24, 2.45) is 0 Å². The molecule has 1 aliphatic rings. The number of fused-ring (bicyclic) bond motifs is 1. The molecular formula is C18H13F4N3O. The topological polar surface area (TPSA) is 46.4 Å². The fourth-order valence-electron chi connectivity index (χ4n) is 2.80. The predicted octanol–water partition coefficient (Wildman–Crippen LogP) is 4.09. The van der Waals surface area contributed by atoms with Gasteiger partial charge in [0.15, 0.2) is 0 Å². The largest absolute Gasteiger partial charge is 0.416 e. The first-order valence-corrected chi connectivity index (χ1v) is 7.99. The molecule has 0 radical (unpaired) electrons. The SMILES string of the molecule is O=c1nc(NC2CC2)n2ccc(C(F)(F)F)cc2c1-c1ccccc1F. The quantitative estimate of drug-likeness (QED) is 0.713. The second kappa shape index (κ2) is 5.82. The van der Waals surface area contributed by atoms with Gasteiger partial charge in [-0.05, 0) is 31.0 Å². The van der Waals surface area contributed by atoms with E-state index < -0.39 is 23.1 Å². The van der Waals surface area contributed by atoms with Crippen molar-refractivity contribution in [3.63, 3.8) is 0 Å². The molecule has 0 aliphatic heterocycles. The summed E-state index contributed by atoms with van der Waals surface area (Å²) >= 11 is 0. The zero-order valence-electron chi connectivity index (χ0n) is 13.3. The van der Waals surface area contributed by atoms with Gasteiger partial charge in [-0.15, -0.1) is 0 Å². The van der Waals surface area contributed by atoms with E-state index in [4.69, 9.17) is 0 Å². The molecular weight excluding hydrogens is 350 g/mol. The third-order valence-electron chi connectivity index (χ3n) is 4.24. The Labute approximate surface area is 145 Å². The molecule has 0 saturated heterocycles. The number of benzene rings is 1. The van der Waals surface area contributed by atoms with E-state index in [9.17, 15) is 22.4 Å². The van der Waals surface area contributed by atoms with Gasteiger partial charge in [0.25, 0.3) is 5.56 Å². The Bertz CT molecular complexity index is 1050. The first-order valence-electron chi connectivity index (χ1n) is 7.99. The highest BCUT2D eigenvalue weighted by Crippen LogP contribution is 2.33. The third-order valence-corrected chi connectivity index (χ3v) is 4.24. The van der Waals surface area contributed by atoms with Gasteiger partial charge in [-0.25, -0.2) is 4.39 Å². The minimum atomic E-state index is -4.59. The maximum absolute atomic E-state index is 14.2. The molecule has 0 bridgehead atoms. The Morgan fingerprint density at radius 2 is 1.88 bits per heavy atom. The maximum Gasteiger partial charge on any atom is 0.416 e. The summed E-state index contributed by atoms with van der Waals surface area (Å²) in [6.45, 7) is 0. The van der Waals surface area contributed by atoms with Gasteiger partial charge in [0.2, 0.25) is 5.95 Å². The van der Waals surface area contributed by atoms with Gasteiger partial charge in [0, 0.05) is 17.8 Å². The number of nitrogens with zero attached hydrogens (tertiary/aromatic N) is 2. The Morgan fingerprint density at radius 3 is 2.54 bits per heavy atom. The van der Waals surface area contributed by atoms with Crippen LogP contribution in [0.2, 0.25) is 0 Å². The van der Waals surface area contributed by atoms with Gasteiger partial charge < -0.3 is 5.32 Å². The fourth-order valence-corrected chi connectivity index (χ4v) is 2.80. The lowest BCUT2D eigenvalue weighted by atomic mass is 10.0. The summed E-state index contributed by atoms with van der Waals surface area (Å²) in [5.74, 6) is -0.546. The minimum Gasteiger partial charge on any atom is -0.353 e. The lowest BCUT2D eigenvalue weighted by Crippen LogP contribution is -2.20. The molecule has 134 valence electrons. The lowest BCUT2D eigenvalue weighted by Gasteiger charge is -2.15. The van der Waals surface area contributed by atoms with Crippen molar-refractivity contribution in [1.29, 1.82) is 0 Å². The molecule has 3 aromatic rings. The van der Waals surface area contributed by atoms with Gasteiger partial charge in [-0.2, -0.15) is 18.2 Å². The molecule has 1 fully saturated rings. The number of nitrogens with one attached hydrogen (secondary N) is 1. The van der Waals surface area contributed by atoms with Crippen LogP contribution >= 0.6 is 0 Å². The zero-order valence-corrected chi connectivity index (χ0v) is 13.3. The highest BCUT2D eigenvalue weighted by Gasteiger charge is 2.32. The number of hydrogen-bond acceptors (Lipinski definition) is 3. The molecule has 1 N–H and O–H groups in total. The van der Waals surface area contributed by atoms with Crippen LogP contribution in [-0.4, -0.2) is 15.4 Å². The van der Waals surface area contributed by atoms with Crippen LogP contribution in [0.15, 0.2) is 47.4 Å². The summed E-state index contributed by atoms with van der Waals surface area (Å²) in [6, 6.07) is 7.34. The van der Waals surface area contributed by atoms with Gasteiger partial charge >= 0.3 is 6.18 Å². The van der Waals surface area contributed by atoms with Crippen LogP contribution in [0.1, 0.15) is 18.4 Å². The van der Waals surface area contributed by atoms with E-state index in [0.717, 1.165) is 31.0 Å². The predicted molar refractivity (Wildman–Crippen MR) is 88.5 cm³/mol. The van der Waals surface area contributed by atoms with Crippen molar-refractivity contribution in [1.82, 2.24) is 9.38 Å². The van der Waals surface area contributed by atoms with E-state index in [-0.39, 0.29) is 28.6 Å². The van der Waals surface area contributed by atoms with Crippen LogP contribution in [0.25, 0.3) is 16.6 Å². The first kappa shape index (κ1) is 16.6. The van der Waals surface area contributed by atoms with Crippen LogP contribution in [-0.2, 0) is 6.18 Å². The van der Waals surface area contributed by atoms with Crippen LogP contribution < -0.4 is 10.9 Å². The number of aromatic nitrogens is 2.